The Labute approximate surface area is 192 Å². The number of hydrogen-bond acceptors (Lipinski definition) is 2. The van der Waals surface area contributed by atoms with Crippen molar-refractivity contribution in [1.82, 2.24) is 5.32 Å². The summed E-state index contributed by atoms with van der Waals surface area (Å²) in [6, 6.07) is 0.353. The zero-order chi connectivity index (χ0) is 21.9. The summed E-state index contributed by atoms with van der Waals surface area (Å²) in [5, 5.41) is 13.6. The molecule has 0 heterocycles. The van der Waals surface area contributed by atoms with E-state index >= 15 is 0 Å². The van der Waals surface area contributed by atoms with Crippen LogP contribution < -0.4 is 5.32 Å². The number of unbranched alkanes of at least 4 members (excludes halogenated alkanes) is 13. The lowest BCUT2D eigenvalue weighted by atomic mass is 9.54. The molecule has 3 heteroatoms. The van der Waals surface area contributed by atoms with Crippen LogP contribution in [0.15, 0.2) is 0 Å². The topological polar surface area (TPSA) is 49.3 Å². The molecule has 4 bridgehead atoms. The maximum atomic E-state index is 12.5. The van der Waals surface area contributed by atoms with E-state index in [0.717, 1.165) is 24.7 Å². The molecular formula is C28H51NO2. The molecule has 3 nitrogen and oxygen atoms in total. The Hall–Kier alpha value is -0.570. The van der Waals surface area contributed by atoms with Gasteiger partial charge in [-0.2, -0.15) is 0 Å². The van der Waals surface area contributed by atoms with Crippen LogP contribution in [-0.2, 0) is 4.79 Å². The molecule has 2 N–H and O–H groups in total. The van der Waals surface area contributed by atoms with Gasteiger partial charge in [0.15, 0.2) is 0 Å². The lowest BCUT2D eigenvalue weighted by Crippen LogP contribution is -2.57. The van der Waals surface area contributed by atoms with E-state index < -0.39 is 6.10 Å². The van der Waals surface area contributed by atoms with Gasteiger partial charge in [-0.3, -0.25) is 4.79 Å². The first-order valence-electron chi connectivity index (χ1n) is 14.2. The van der Waals surface area contributed by atoms with Crippen LogP contribution in [-0.4, -0.2) is 23.2 Å². The fraction of sp³-hybridized carbons (Fsp3) is 0.964. The molecule has 4 fully saturated rings. The first kappa shape index (κ1) is 25.1. The van der Waals surface area contributed by atoms with Crippen molar-refractivity contribution in [3.63, 3.8) is 0 Å². The highest BCUT2D eigenvalue weighted by Crippen LogP contribution is 2.53. The quantitative estimate of drug-likeness (QED) is 0.239. The molecule has 0 aliphatic heterocycles. The number of amides is 1. The van der Waals surface area contributed by atoms with Crippen LogP contribution in [0.4, 0.5) is 0 Å². The summed E-state index contributed by atoms with van der Waals surface area (Å²) in [5.74, 6) is 3.14. The van der Waals surface area contributed by atoms with Gasteiger partial charge in [0.25, 0.3) is 0 Å². The number of nitrogens with one attached hydrogen (secondary N) is 1. The molecule has 0 radical (unpaired) electrons. The third-order valence-electron chi connectivity index (χ3n) is 8.67. The molecule has 0 aromatic rings. The van der Waals surface area contributed by atoms with E-state index in [-0.39, 0.29) is 5.91 Å². The molecule has 0 aromatic heterocycles. The van der Waals surface area contributed by atoms with Crippen molar-refractivity contribution >= 4 is 5.91 Å². The number of carbonyl (C=O) groups excluding carboxylic acids is 1. The van der Waals surface area contributed by atoms with Gasteiger partial charge in [-0.25, -0.2) is 0 Å². The minimum Gasteiger partial charge on any atom is -0.383 e. The SMILES string of the molecule is CCCCCCCCCCCCCCCCC(O)C(=O)NC1C2CC3CC(C2)CC1C3. The van der Waals surface area contributed by atoms with Crippen molar-refractivity contribution in [2.45, 2.75) is 147 Å². The molecule has 1 amide bonds. The van der Waals surface area contributed by atoms with Gasteiger partial charge in [0, 0.05) is 6.04 Å². The predicted molar refractivity (Wildman–Crippen MR) is 130 cm³/mol. The molecule has 0 saturated heterocycles. The van der Waals surface area contributed by atoms with Gasteiger partial charge in [0.05, 0.1) is 0 Å². The molecule has 1 atom stereocenters. The highest BCUT2D eigenvalue weighted by molar-refractivity contribution is 5.80. The summed E-state index contributed by atoms with van der Waals surface area (Å²) in [5.41, 5.74) is 0. The Kier molecular flexibility index (Phi) is 11.2. The van der Waals surface area contributed by atoms with Crippen LogP contribution in [0.2, 0.25) is 0 Å². The van der Waals surface area contributed by atoms with Crippen molar-refractivity contribution in [2.75, 3.05) is 0 Å². The highest BCUT2D eigenvalue weighted by Gasteiger charge is 2.48. The molecule has 1 unspecified atom stereocenters. The van der Waals surface area contributed by atoms with Crippen LogP contribution in [0.1, 0.15) is 135 Å². The molecule has 31 heavy (non-hydrogen) atoms. The number of hydrogen-bond donors (Lipinski definition) is 2. The van der Waals surface area contributed by atoms with E-state index in [4.69, 9.17) is 0 Å². The van der Waals surface area contributed by atoms with E-state index in [0.29, 0.717) is 24.3 Å². The minimum absolute atomic E-state index is 0.0906. The summed E-state index contributed by atoms with van der Waals surface area (Å²) in [4.78, 5) is 12.5. The zero-order valence-corrected chi connectivity index (χ0v) is 20.5. The summed E-state index contributed by atoms with van der Waals surface area (Å²) >= 11 is 0. The second-order valence-corrected chi connectivity index (χ2v) is 11.4. The van der Waals surface area contributed by atoms with Gasteiger partial charge in [0.1, 0.15) is 6.10 Å². The second-order valence-electron chi connectivity index (χ2n) is 11.4. The van der Waals surface area contributed by atoms with Gasteiger partial charge in [-0.05, 0) is 62.2 Å². The smallest absolute Gasteiger partial charge is 0.249 e. The highest BCUT2D eigenvalue weighted by atomic mass is 16.3. The molecule has 4 saturated carbocycles. The molecule has 4 rings (SSSR count). The Morgan fingerprint density at radius 2 is 1.13 bits per heavy atom. The van der Waals surface area contributed by atoms with Crippen molar-refractivity contribution in [1.29, 1.82) is 0 Å². The molecule has 0 aromatic carbocycles. The van der Waals surface area contributed by atoms with E-state index in [1.807, 2.05) is 0 Å². The van der Waals surface area contributed by atoms with Gasteiger partial charge in [-0.15, -0.1) is 0 Å². The van der Waals surface area contributed by atoms with Gasteiger partial charge in [-0.1, -0.05) is 96.8 Å². The third-order valence-corrected chi connectivity index (χ3v) is 8.67. The van der Waals surface area contributed by atoms with Crippen LogP contribution in [0.3, 0.4) is 0 Å². The van der Waals surface area contributed by atoms with Crippen LogP contribution >= 0.6 is 0 Å². The van der Waals surface area contributed by atoms with Gasteiger partial charge < -0.3 is 10.4 Å². The fourth-order valence-electron chi connectivity index (χ4n) is 7.08. The Balaban J connectivity index is 1.13. The Bertz CT molecular complexity index is 477. The number of carbonyl (C=O) groups is 1. The maximum absolute atomic E-state index is 12.5. The fourth-order valence-corrected chi connectivity index (χ4v) is 7.08. The zero-order valence-electron chi connectivity index (χ0n) is 20.5. The Morgan fingerprint density at radius 1 is 0.710 bits per heavy atom. The number of aliphatic hydroxyl groups excluding tert-OH is 1. The predicted octanol–water partition coefficient (Wildman–Crippen LogP) is 7.16. The van der Waals surface area contributed by atoms with Gasteiger partial charge >= 0.3 is 0 Å². The molecular weight excluding hydrogens is 382 g/mol. The van der Waals surface area contributed by atoms with Crippen molar-refractivity contribution in [2.24, 2.45) is 23.7 Å². The van der Waals surface area contributed by atoms with E-state index in [1.54, 1.807) is 0 Å². The van der Waals surface area contributed by atoms with E-state index in [1.165, 1.54) is 109 Å². The first-order chi connectivity index (χ1) is 15.2. The molecule has 4 aliphatic carbocycles. The number of rotatable bonds is 17. The van der Waals surface area contributed by atoms with E-state index in [2.05, 4.69) is 12.2 Å². The average molecular weight is 434 g/mol. The minimum atomic E-state index is -0.797. The monoisotopic (exact) mass is 433 g/mol. The summed E-state index contributed by atoms with van der Waals surface area (Å²) < 4.78 is 0. The van der Waals surface area contributed by atoms with Crippen molar-refractivity contribution < 1.29 is 9.90 Å². The van der Waals surface area contributed by atoms with Crippen molar-refractivity contribution in [3.8, 4) is 0 Å². The molecule has 180 valence electrons. The molecule has 0 spiro atoms. The van der Waals surface area contributed by atoms with Crippen LogP contribution in [0, 0.1) is 23.7 Å². The number of aliphatic hydroxyl groups is 1. The largest absolute Gasteiger partial charge is 0.383 e. The third kappa shape index (κ3) is 8.37. The van der Waals surface area contributed by atoms with E-state index in [9.17, 15) is 9.90 Å². The lowest BCUT2D eigenvalue weighted by molar-refractivity contribution is -0.133. The Morgan fingerprint density at radius 3 is 1.58 bits per heavy atom. The summed E-state index contributed by atoms with van der Waals surface area (Å²) in [7, 11) is 0. The normalized spacial score (nSPS) is 29.9. The average Bonchev–Trinajstić information content (AvgIpc) is 2.75. The summed E-state index contributed by atoms with van der Waals surface area (Å²) in [6.07, 6.45) is 25.2. The standard InChI is InChI=1S/C28H51NO2/c1-2-3-4-5-6-7-8-9-10-11-12-13-14-15-16-26(30)28(31)29-27-24-18-22-17-23(20-24)21-25(27)19-22/h22-27,30H,2-21H2,1H3,(H,29,31). The van der Waals surface area contributed by atoms with Crippen LogP contribution in [0.5, 0.6) is 0 Å². The van der Waals surface area contributed by atoms with Crippen molar-refractivity contribution in [3.05, 3.63) is 0 Å². The lowest BCUT2D eigenvalue weighted by Gasteiger charge is -2.54. The van der Waals surface area contributed by atoms with Gasteiger partial charge in [0.2, 0.25) is 5.91 Å². The molecule has 4 aliphatic rings. The maximum Gasteiger partial charge on any atom is 0.249 e. The second kappa shape index (κ2) is 13.9. The first-order valence-corrected chi connectivity index (χ1v) is 14.2. The summed E-state index contributed by atoms with van der Waals surface area (Å²) in [6.45, 7) is 2.28. The van der Waals surface area contributed by atoms with Crippen LogP contribution in [0.25, 0.3) is 0 Å².